The van der Waals surface area contributed by atoms with Crippen molar-refractivity contribution < 1.29 is 8.42 Å². The quantitative estimate of drug-likeness (QED) is 0.764. The van der Waals surface area contributed by atoms with Crippen LogP contribution in [0.15, 0.2) is 0 Å². The molecule has 98 valence electrons. The number of halogens is 1. The summed E-state index contributed by atoms with van der Waals surface area (Å²) in [5.74, 6) is 1.19. The van der Waals surface area contributed by atoms with E-state index in [0.29, 0.717) is 30.4 Å². The highest BCUT2D eigenvalue weighted by Crippen LogP contribution is 2.14. The molecule has 1 heterocycles. The molecule has 0 aromatic carbocycles. The van der Waals surface area contributed by atoms with E-state index in [4.69, 9.17) is 5.73 Å². The molecule has 2 N–H and O–H groups in total. The molecule has 0 aromatic rings. The minimum Gasteiger partial charge on any atom is -0.330 e. The fraction of sp³-hybridized carbons (Fsp3) is 1.00. The topological polar surface area (TPSA) is 63.4 Å². The molecule has 0 aliphatic carbocycles. The first-order valence-electron chi connectivity index (χ1n) is 5.70. The van der Waals surface area contributed by atoms with Gasteiger partial charge in [-0.15, -0.1) is 12.4 Å². The Balaban J connectivity index is 0.00000225. The lowest BCUT2D eigenvalue weighted by Crippen LogP contribution is -2.29. The summed E-state index contributed by atoms with van der Waals surface area (Å²) in [6.07, 6.45) is 1.83. The number of likely N-dealkylation sites (tertiary alicyclic amines) is 1. The highest BCUT2D eigenvalue weighted by Gasteiger charge is 2.22. The van der Waals surface area contributed by atoms with Crippen LogP contribution in [0.3, 0.4) is 0 Å². The van der Waals surface area contributed by atoms with Crippen LogP contribution in [0.5, 0.6) is 0 Å². The lowest BCUT2D eigenvalue weighted by atomic mass is 10.1. The lowest BCUT2D eigenvalue weighted by Gasteiger charge is -2.15. The summed E-state index contributed by atoms with van der Waals surface area (Å²) in [4.78, 5) is 2.21. The van der Waals surface area contributed by atoms with Crippen molar-refractivity contribution in [2.75, 3.05) is 37.7 Å². The minimum absolute atomic E-state index is 0. The average Bonchev–Trinajstić information content (AvgIpc) is 2.62. The minimum atomic E-state index is -2.82. The standard InChI is InChI=1S/C10H22N2O2S.ClH/c1-2-6-15(13,14)7-5-12-4-3-10(8-11)9-12;/h10H,2-9,11H2,1H3;1H. The van der Waals surface area contributed by atoms with Crippen LogP contribution >= 0.6 is 12.4 Å². The van der Waals surface area contributed by atoms with Gasteiger partial charge in [0.2, 0.25) is 0 Å². The van der Waals surface area contributed by atoms with Crippen molar-refractivity contribution in [2.24, 2.45) is 11.7 Å². The Morgan fingerprint density at radius 1 is 1.38 bits per heavy atom. The van der Waals surface area contributed by atoms with E-state index in [2.05, 4.69) is 4.90 Å². The van der Waals surface area contributed by atoms with Crippen LogP contribution in [0.25, 0.3) is 0 Å². The molecule has 1 aliphatic heterocycles. The third kappa shape index (κ3) is 5.48. The summed E-state index contributed by atoms with van der Waals surface area (Å²) in [7, 11) is -2.82. The number of nitrogens with zero attached hydrogens (tertiary/aromatic N) is 1. The summed E-state index contributed by atoms with van der Waals surface area (Å²) in [5, 5.41) is 0. The molecule has 0 radical (unpaired) electrons. The van der Waals surface area contributed by atoms with Crippen molar-refractivity contribution in [1.29, 1.82) is 0 Å². The van der Waals surface area contributed by atoms with Crippen LogP contribution in [0.1, 0.15) is 19.8 Å². The zero-order valence-electron chi connectivity index (χ0n) is 9.89. The van der Waals surface area contributed by atoms with Crippen molar-refractivity contribution in [2.45, 2.75) is 19.8 Å². The Morgan fingerprint density at radius 3 is 2.56 bits per heavy atom. The summed E-state index contributed by atoms with van der Waals surface area (Å²) >= 11 is 0. The number of nitrogens with two attached hydrogens (primary N) is 1. The van der Waals surface area contributed by atoms with E-state index in [-0.39, 0.29) is 12.4 Å². The molecule has 0 aromatic heterocycles. The summed E-state index contributed by atoms with van der Waals surface area (Å²) in [6.45, 7) is 5.27. The van der Waals surface area contributed by atoms with Crippen LogP contribution in [0, 0.1) is 5.92 Å². The molecule has 1 atom stereocenters. The maximum atomic E-state index is 11.5. The van der Waals surface area contributed by atoms with Crippen LogP contribution in [0.4, 0.5) is 0 Å². The first kappa shape index (κ1) is 16.2. The van der Waals surface area contributed by atoms with E-state index in [9.17, 15) is 8.42 Å². The monoisotopic (exact) mass is 270 g/mol. The molecule has 1 saturated heterocycles. The third-order valence-electron chi connectivity index (χ3n) is 2.94. The predicted octanol–water partition coefficient (Wildman–Crippen LogP) is 0.514. The van der Waals surface area contributed by atoms with Crippen molar-refractivity contribution in [1.82, 2.24) is 4.90 Å². The Hall–Kier alpha value is 0.160. The van der Waals surface area contributed by atoms with Gasteiger partial charge in [-0.2, -0.15) is 0 Å². The van der Waals surface area contributed by atoms with Gasteiger partial charge in [0.15, 0.2) is 9.84 Å². The maximum Gasteiger partial charge on any atom is 0.151 e. The van der Waals surface area contributed by atoms with E-state index in [1.54, 1.807) is 0 Å². The van der Waals surface area contributed by atoms with Gasteiger partial charge in [0.05, 0.1) is 5.75 Å². The first-order valence-corrected chi connectivity index (χ1v) is 7.52. The number of rotatable bonds is 6. The smallest absolute Gasteiger partial charge is 0.151 e. The van der Waals surface area contributed by atoms with Crippen LogP contribution in [0.2, 0.25) is 0 Å². The first-order chi connectivity index (χ1) is 7.07. The van der Waals surface area contributed by atoms with Crippen molar-refractivity contribution in [3.63, 3.8) is 0 Å². The fourth-order valence-corrected chi connectivity index (χ4v) is 3.35. The molecule has 0 saturated carbocycles. The second-order valence-corrected chi connectivity index (χ2v) is 6.65. The highest BCUT2D eigenvalue weighted by molar-refractivity contribution is 7.91. The molecule has 4 nitrogen and oxygen atoms in total. The van der Waals surface area contributed by atoms with Gasteiger partial charge in [-0.05, 0) is 31.8 Å². The van der Waals surface area contributed by atoms with Crippen molar-refractivity contribution in [3.05, 3.63) is 0 Å². The number of hydrogen-bond donors (Lipinski definition) is 1. The molecule has 16 heavy (non-hydrogen) atoms. The van der Waals surface area contributed by atoms with E-state index in [1.165, 1.54) is 0 Å². The largest absolute Gasteiger partial charge is 0.330 e. The Bertz CT molecular complexity index is 283. The van der Waals surface area contributed by atoms with Crippen molar-refractivity contribution in [3.8, 4) is 0 Å². The molecule has 1 unspecified atom stereocenters. The zero-order chi connectivity index (χ0) is 11.3. The molecule has 1 aliphatic rings. The Labute approximate surface area is 105 Å². The van der Waals surface area contributed by atoms with Crippen LogP contribution in [-0.2, 0) is 9.84 Å². The van der Waals surface area contributed by atoms with Crippen LogP contribution in [-0.4, -0.2) is 51.0 Å². The molecule has 0 spiro atoms. The van der Waals surface area contributed by atoms with Gasteiger partial charge in [-0.25, -0.2) is 8.42 Å². The Kier molecular flexibility index (Phi) is 7.55. The predicted molar refractivity (Wildman–Crippen MR) is 69.8 cm³/mol. The zero-order valence-corrected chi connectivity index (χ0v) is 11.5. The molecular formula is C10H23ClN2O2S. The highest BCUT2D eigenvalue weighted by atomic mass is 35.5. The second kappa shape index (κ2) is 7.48. The van der Waals surface area contributed by atoms with Crippen LogP contribution < -0.4 is 5.73 Å². The lowest BCUT2D eigenvalue weighted by molar-refractivity contribution is 0.344. The summed E-state index contributed by atoms with van der Waals surface area (Å²) in [5.41, 5.74) is 5.58. The summed E-state index contributed by atoms with van der Waals surface area (Å²) in [6, 6.07) is 0. The van der Waals surface area contributed by atoms with E-state index in [0.717, 1.165) is 26.1 Å². The van der Waals surface area contributed by atoms with Gasteiger partial charge in [-0.1, -0.05) is 6.92 Å². The molecule has 0 amide bonds. The fourth-order valence-electron chi connectivity index (χ4n) is 1.99. The SMILES string of the molecule is CCCS(=O)(=O)CCN1CCC(CN)C1.Cl. The molecule has 1 fully saturated rings. The van der Waals surface area contributed by atoms with Gasteiger partial charge in [-0.3, -0.25) is 0 Å². The Morgan fingerprint density at radius 2 is 2.06 bits per heavy atom. The second-order valence-electron chi connectivity index (χ2n) is 4.34. The number of hydrogen-bond acceptors (Lipinski definition) is 4. The van der Waals surface area contributed by atoms with Gasteiger partial charge in [0.1, 0.15) is 0 Å². The third-order valence-corrected chi connectivity index (χ3v) is 4.77. The molecular weight excluding hydrogens is 248 g/mol. The molecule has 0 bridgehead atoms. The van der Waals surface area contributed by atoms with Gasteiger partial charge >= 0.3 is 0 Å². The van der Waals surface area contributed by atoms with E-state index in [1.807, 2.05) is 6.92 Å². The summed E-state index contributed by atoms with van der Waals surface area (Å²) < 4.78 is 23.0. The molecule has 1 rings (SSSR count). The van der Waals surface area contributed by atoms with Gasteiger partial charge < -0.3 is 10.6 Å². The van der Waals surface area contributed by atoms with E-state index < -0.39 is 9.84 Å². The maximum absolute atomic E-state index is 11.5. The number of sulfone groups is 1. The van der Waals surface area contributed by atoms with Gasteiger partial charge in [0.25, 0.3) is 0 Å². The van der Waals surface area contributed by atoms with E-state index >= 15 is 0 Å². The van der Waals surface area contributed by atoms with Crippen molar-refractivity contribution >= 4 is 22.2 Å². The average molecular weight is 271 g/mol. The molecule has 6 heteroatoms. The normalized spacial score (nSPS) is 22.0. The van der Waals surface area contributed by atoms with Gasteiger partial charge in [0, 0.05) is 18.8 Å².